The van der Waals surface area contributed by atoms with Crippen LogP contribution in [0.15, 0.2) is 12.1 Å². The number of anilines is 2. The molecule has 0 saturated heterocycles. The van der Waals surface area contributed by atoms with E-state index in [9.17, 15) is 10.1 Å². The SMILES string of the molecule is CCCCC(CC)CNc1ccc([N+](=O)[O-])c(N)n1. The quantitative estimate of drug-likeness (QED) is 0.556. The van der Waals surface area contributed by atoms with Gasteiger partial charge in [-0.25, -0.2) is 4.98 Å². The summed E-state index contributed by atoms with van der Waals surface area (Å²) in [6.45, 7) is 5.17. The fraction of sp³-hybridized carbons (Fsp3) is 0.615. The number of nitrogens with one attached hydrogen (secondary N) is 1. The Balaban J connectivity index is 2.57. The molecule has 0 amide bonds. The Hall–Kier alpha value is -1.85. The van der Waals surface area contributed by atoms with E-state index >= 15 is 0 Å². The first-order chi connectivity index (χ1) is 9.08. The number of pyridine rings is 1. The van der Waals surface area contributed by atoms with Crippen LogP contribution in [0.3, 0.4) is 0 Å². The van der Waals surface area contributed by atoms with Crippen LogP contribution in [0.25, 0.3) is 0 Å². The Morgan fingerprint density at radius 2 is 2.21 bits per heavy atom. The molecule has 1 heterocycles. The zero-order valence-electron chi connectivity index (χ0n) is 11.6. The van der Waals surface area contributed by atoms with Gasteiger partial charge in [-0.3, -0.25) is 10.1 Å². The maximum absolute atomic E-state index is 10.6. The molecule has 106 valence electrons. The molecular formula is C13H22N4O2. The highest BCUT2D eigenvalue weighted by Gasteiger charge is 2.13. The van der Waals surface area contributed by atoms with Crippen molar-refractivity contribution in [2.45, 2.75) is 39.5 Å². The first kappa shape index (κ1) is 15.2. The highest BCUT2D eigenvalue weighted by molar-refractivity contribution is 5.57. The van der Waals surface area contributed by atoms with Crippen molar-refractivity contribution >= 4 is 17.3 Å². The average molecular weight is 266 g/mol. The van der Waals surface area contributed by atoms with Gasteiger partial charge in [0, 0.05) is 12.6 Å². The maximum atomic E-state index is 10.6. The van der Waals surface area contributed by atoms with E-state index in [1.165, 1.54) is 25.3 Å². The van der Waals surface area contributed by atoms with Gasteiger partial charge in [-0.1, -0.05) is 33.1 Å². The van der Waals surface area contributed by atoms with Crippen LogP contribution in [-0.2, 0) is 0 Å². The summed E-state index contributed by atoms with van der Waals surface area (Å²) in [7, 11) is 0. The average Bonchev–Trinajstić information content (AvgIpc) is 2.38. The molecule has 1 aromatic heterocycles. The number of nitro groups is 1. The Morgan fingerprint density at radius 3 is 2.74 bits per heavy atom. The van der Waals surface area contributed by atoms with Crippen molar-refractivity contribution in [2.24, 2.45) is 5.92 Å². The summed E-state index contributed by atoms with van der Waals surface area (Å²) in [6, 6.07) is 2.98. The van der Waals surface area contributed by atoms with E-state index in [1.54, 1.807) is 6.07 Å². The number of nitrogen functional groups attached to an aromatic ring is 1. The Morgan fingerprint density at radius 1 is 1.47 bits per heavy atom. The van der Waals surface area contributed by atoms with Crippen molar-refractivity contribution in [2.75, 3.05) is 17.6 Å². The minimum atomic E-state index is -0.526. The first-order valence-corrected chi connectivity index (χ1v) is 6.73. The summed E-state index contributed by atoms with van der Waals surface area (Å²) in [5.74, 6) is 1.15. The van der Waals surface area contributed by atoms with Gasteiger partial charge in [0.25, 0.3) is 0 Å². The van der Waals surface area contributed by atoms with Gasteiger partial charge < -0.3 is 11.1 Å². The van der Waals surface area contributed by atoms with Gasteiger partial charge in [0.05, 0.1) is 4.92 Å². The van der Waals surface area contributed by atoms with Crippen LogP contribution in [0.2, 0.25) is 0 Å². The van der Waals surface area contributed by atoms with Gasteiger partial charge in [-0.15, -0.1) is 0 Å². The van der Waals surface area contributed by atoms with Gasteiger partial charge in [0.2, 0.25) is 5.82 Å². The van der Waals surface area contributed by atoms with Crippen LogP contribution in [0.4, 0.5) is 17.3 Å². The molecule has 0 bridgehead atoms. The molecule has 0 aliphatic rings. The number of aromatic nitrogens is 1. The van der Waals surface area contributed by atoms with Gasteiger partial charge in [-0.2, -0.15) is 0 Å². The third-order valence-electron chi connectivity index (χ3n) is 3.21. The lowest BCUT2D eigenvalue weighted by Crippen LogP contribution is -2.15. The van der Waals surface area contributed by atoms with Gasteiger partial charge in [-0.05, 0) is 18.4 Å². The number of hydrogen-bond donors (Lipinski definition) is 2. The smallest absolute Gasteiger partial charge is 0.311 e. The zero-order chi connectivity index (χ0) is 14.3. The molecule has 0 aromatic carbocycles. The molecule has 0 aliphatic heterocycles. The molecule has 0 fully saturated rings. The van der Waals surface area contributed by atoms with Crippen LogP contribution >= 0.6 is 0 Å². The monoisotopic (exact) mass is 266 g/mol. The van der Waals surface area contributed by atoms with E-state index in [0.29, 0.717) is 11.7 Å². The van der Waals surface area contributed by atoms with Crippen molar-refractivity contribution < 1.29 is 4.92 Å². The van der Waals surface area contributed by atoms with Crippen LogP contribution in [-0.4, -0.2) is 16.5 Å². The lowest BCUT2D eigenvalue weighted by Gasteiger charge is -2.15. The lowest BCUT2D eigenvalue weighted by atomic mass is 9.99. The molecule has 6 heteroatoms. The molecule has 1 atom stereocenters. The first-order valence-electron chi connectivity index (χ1n) is 6.73. The second-order valence-corrected chi connectivity index (χ2v) is 4.66. The Kier molecular flexibility index (Phi) is 6.05. The minimum absolute atomic E-state index is 0.0448. The van der Waals surface area contributed by atoms with Crippen molar-refractivity contribution in [3.05, 3.63) is 22.2 Å². The molecule has 0 radical (unpaired) electrons. The Labute approximate surface area is 113 Å². The molecule has 1 unspecified atom stereocenters. The molecule has 19 heavy (non-hydrogen) atoms. The van der Waals surface area contributed by atoms with E-state index < -0.39 is 4.92 Å². The van der Waals surface area contributed by atoms with E-state index in [2.05, 4.69) is 24.1 Å². The molecule has 0 aliphatic carbocycles. The lowest BCUT2D eigenvalue weighted by molar-refractivity contribution is -0.384. The highest BCUT2D eigenvalue weighted by Crippen LogP contribution is 2.21. The normalized spacial score (nSPS) is 12.1. The van der Waals surface area contributed by atoms with E-state index in [0.717, 1.165) is 13.0 Å². The second-order valence-electron chi connectivity index (χ2n) is 4.66. The number of nitrogens with two attached hydrogens (primary N) is 1. The van der Waals surface area contributed by atoms with E-state index in [1.807, 2.05) is 0 Å². The number of unbranched alkanes of at least 4 members (excludes halogenated alkanes) is 1. The summed E-state index contributed by atoms with van der Waals surface area (Å²) in [5, 5.41) is 13.8. The molecule has 0 saturated carbocycles. The molecular weight excluding hydrogens is 244 g/mol. The number of nitrogens with zero attached hydrogens (tertiary/aromatic N) is 2. The summed E-state index contributed by atoms with van der Waals surface area (Å²) in [5.41, 5.74) is 5.40. The largest absolute Gasteiger partial charge is 0.378 e. The third-order valence-corrected chi connectivity index (χ3v) is 3.21. The van der Waals surface area contributed by atoms with Crippen molar-refractivity contribution in [1.82, 2.24) is 4.98 Å². The summed E-state index contributed by atoms with van der Waals surface area (Å²) < 4.78 is 0. The summed E-state index contributed by atoms with van der Waals surface area (Å²) in [4.78, 5) is 14.1. The van der Waals surface area contributed by atoms with Crippen LogP contribution in [0.1, 0.15) is 39.5 Å². The predicted octanol–water partition coefficient (Wildman–Crippen LogP) is 3.20. The Bertz CT molecular complexity index is 423. The molecule has 3 N–H and O–H groups in total. The number of hydrogen-bond acceptors (Lipinski definition) is 5. The van der Waals surface area contributed by atoms with Gasteiger partial charge >= 0.3 is 5.69 Å². The van der Waals surface area contributed by atoms with Gasteiger partial charge in [0.15, 0.2) is 0 Å². The molecule has 1 aromatic rings. The zero-order valence-corrected chi connectivity index (χ0v) is 11.6. The van der Waals surface area contributed by atoms with Crippen LogP contribution in [0, 0.1) is 16.0 Å². The third kappa shape index (κ3) is 4.73. The second kappa shape index (κ2) is 7.56. The summed E-state index contributed by atoms with van der Waals surface area (Å²) >= 11 is 0. The van der Waals surface area contributed by atoms with Crippen LogP contribution < -0.4 is 11.1 Å². The van der Waals surface area contributed by atoms with Crippen molar-refractivity contribution in [3.63, 3.8) is 0 Å². The maximum Gasteiger partial charge on any atom is 0.311 e. The molecule has 1 rings (SSSR count). The van der Waals surface area contributed by atoms with Crippen molar-refractivity contribution in [1.29, 1.82) is 0 Å². The highest BCUT2D eigenvalue weighted by atomic mass is 16.6. The fourth-order valence-corrected chi connectivity index (χ4v) is 1.91. The van der Waals surface area contributed by atoms with E-state index in [4.69, 9.17) is 5.73 Å². The summed E-state index contributed by atoms with van der Waals surface area (Å²) in [6.07, 6.45) is 4.70. The topological polar surface area (TPSA) is 94.1 Å². The standard InChI is InChI=1S/C13H22N4O2/c1-3-5-6-10(4-2)9-15-12-8-7-11(17(18)19)13(14)16-12/h7-8,10H,3-6,9H2,1-2H3,(H3,14,15,16). The van der Waals surface area contributed by atoms with Gasteiger partial charge in [0.1, 0.15) is 5.82 Å². The fourth-order valence-electron chi connectivity index (χ4n) is 1.91. The van der Waals surface area contributed by atoms with Crippen molar-refractivity contribution in [3.8, 4) is 0 Å². The molecule has 6 nitrogen and oxygen atoms in total. The predicted molar refractivity (Wildman–Crippen MR) is 77.1 cm³/mol. The van der Waals surface area contributed by atoms with E-state index in [-0.39, 0.29) is 11.5 Å². The minimum Gasteiger partial charge on any atom is -0.378 e. The van der Waals surface area contributed by atoms with Crippen LogP contribution in [0.5, 0.6) is 0 Å². The molecule has 0 spiro atoms. The number of rotatable bonds is 8.